The fourth-order valence-electron chi connectivity index (χ4n) is 2.45. The van der Waals surface area contributed by atoms with Gasteiger partial charge in [-0.2, -0.15) is 5.26 Å². The maximum atomic E-state index is 12.0. The second kappa shape index (κ2) is 6.73. The molecule has 0 aliphatic carbocycles. The van der Waals surface area contributed by atoms with E-state index in [2.05, 4.69) is 4.36 Å². The van der Waals surface area contributed by atoms with Crippen LogP contribution in [0.1, 0.15) is 16.7 Å². The van der Waals surface area contributed by atoms with Crippen molar-refractivity contribution in [2.75, 3.05) is 6.26 Å². The summed E-state index contributed by atoms with van der Waals surface area (Å²) in [6, 6.07) is 13.7. The Morgan fingerprint density at radius 2 is 1.91 bits per heavy atom. The zero-order chi connectivity index (χ0) is 17.0. The lowest BCUT2D eigenvalue weighted by molar-refractivity contribution is -0.133. The van der Waals surface area contributed by atoms with E-state index in [9.17, 15) is 9.90 Å². The van der Waals surface area contributed by atoms with Gasteiger partial charge in [-0.1, -0.05) is 53.2 Å². The molecule has 2 atom stereocenters. The summed E-state index contributed by atoms with van der Waals surface area (Å²) in [6.07, 6.45) is 3.63. The number of amides is 1. The van der Waals surface area contributed by atoms with E-state index < -0.39 is 22.2 Å². The first-order valence-electron chi connectivity index (χ1n) is 6.86. The van der Waals surface area contributed by atoms with E-state index >= 15 is 0 Å². The molecule has 0 radical (unpaired) electrons. The lowest BCUT2D eigenvalue weighted by atomic mass is 9.85. The van der Waals surface area contributed by atoms with Gasteiger partial charge in [-0.15, -0.1) is 4.36 Å². The molecule has 0 bridgehead atoms. The molecule has 23 heavy (non-hydrogen) atoms. The number of aliphatic hydroxyl groups is 1. The highest BCUT2D eigenvalue weighted by molar-refractivity contribution is 7.86. The smallest absolute Gasteiger partial charge is 0.258 e. The van der Waals surface area contributed by atoms with Crippen molar-refractivity contribution in [2.24, 2.45) is 10.1 Å². The van der Waals surface area contributed by atoms with Crippen molar-refractivity contribution in [1.29, 1.82) is 5.26 Å². The van der Waals surface area contributed by atoms with Crippen LogP contribution < -0.4 is 5.73 Å². The van der Waals surface area contributed by atoms with Gasteiger partial charge in [-0.25, -0.2) is 0 Å². The summed E-state index contributed by atoms with van der Waals surface area (Å²) in [4.78, 5) is 12.9. The van der Waals surface area contributed by atoms with Crippen LogP contribution in [-0.4, -0.2) is 17.3 Å². The van der Waals surface area contributed by atoms with Crippen LogP contribution in [0.15, 0.2) is 57.8 Å². The number of nitriles is 1. The van der Waals surface area contributed by atoms with E-state index in [1.165, 1.54) is 0 Å². The molecule has 2 aromatic carbocycles. The summed E-state index contributed by atoms with van der Waals surface area (Å²) in [5.74, 6) is -0.840. The van der Waals surface area contributed by atoms with Gasteiger partial charge in [0.15, 0.2) is 5.60 Å². The fraction of sp³-hybridized carbons (Fsp3) is 0.176. The van der Waals surface area contributed by atoms with Crippen molar-refractivity contribution in [3.8, 4) is 6.19 Å². The predicted molar refractivity (Wildman–Crippen MR) is 89.4 cm³/mol. The third-order valence-corrected chi connectivity index (χ3v) is 5.09. The number of hydrogen-bond donors (Lipinski definition) is 2. The van der Waals surface area contributed by atoms with Crippen LogP contribution in [0.4, 0.5) is 0 Å². The van der Waals surface area contributed by atoms with Crippen molar-refractivity contribution >= 4 is 16.6 Å². The topological polar surface area (TPSA) is 99.5 Å². The molecule has 0 spiro atoms. The number of primary amides is 1. The van der Waals surface area contributed by atoms with E-state index in [4.69, 9.17) is 11.0 Å². The van der Waals surface area contributed by atoms with Gasteiger partial charge in [-0.3, -0.25) is 4.79 Å². The van der Waals surface area contributed by atoms with Gasteiger partial charge in [0.25, 0.3) is 5.91 Å². The SMILES string of the molecule is Cc1cc(C(O)(C(N)=O)c2ccccc2)ccc1S(C)=NC#N. The Balaban J connectivity index is 2.60. The van der Waals surface area contributed by atoms with Gasteiger partial charge >= 0.3 is 0 Å². The molecule has 6 heteroatoms. The standard InChI is InChI=1S/C17H17N3O2S/c1-12-10-14(8-9-15(12)23(2)20-11-18)17(22,16(19)21)13-6-4-3-5-7-13/h3-10,22H,1-2H3,(H2,19,21). The molecule has 0 fully saturated rings. The van der Waals surface area contributed by atoms with Gasteiger partial charge in [0.1, 0.15) is 0 Å². The first kappa shape index (κ1) is 16.9. The fourth-order valence-corrected chi connectivity index (χ4v) is 3.46. The average molecular weight is 327 g/mol. The first-order valence-corrected chi connectivity index (χ1v) is 8.45. The number of benzene rings is 2. The van der Waals surface area contributed by atoms with Crippen LogP contribution in [0.3, 0.4) is 0 Å². The van der Waals surface area contributed by atoms with Crippen LogP contribution in [0.2, 0.25) is 0 Å². The summed E-state index contributed by atoms with van der Waals surface area (Å²) < 4.78 is 3.82. The Morgan fingerprint density at radius 1 is 1.26 bits per heavy atom. The predicted octanol–water partition coefficient (Wildman–Crippen LogP) is 1.99. The van der Waals surface area contributed by atoms with E-state index in [0.29, 0.717) is 11.1 Å². The summed E-state index contributed by atoms with van der Waals surface area (Å²) >= 11 is 0. The highest BCUT2D eigenvalue weighted by Gasteiger charge is 2.38. The summed E-state index contributed by atoms with van der Waals surface area (Å²) in [6.45, 7) is 1.85. The lowest BCUT2D eigenvalue weighted by Gasteiger charge is -2.26. The quantitative estimate of drug-likeness (QED) is 0.840. The molecule has 5 nitrogen and oxygen atoms in total. The molecule has 0 saturated carbocycles. The number of carbonyl (C=O) groups is 1. The number of aryl methyl sites for hydroxylation is 1. The van der Waals surface area contributed by atoms with Crippen LogP contribution in [-0.2, 0) is 21.1 Å². The first-order chi connectivity index (χ1) is 10.9. The van der Waals surface area contributed by atoms with Gasteiger partial charge < -0.3 is 10.8 Å². The zero-order valence-electron chi connectivity index (χ0n) is 12.9. The van der Waals surface area contributed by atoms with Gasteiger partial charge in [0.2, 0.25) is 6.19 Å². The molecule has 1 amide bonds. The minimum Gasteiger partial charge on any atom is -0.372 e. The van der Waals surface area contributed by atoms with E-state index in [1.807, 2.05) is 13.2 Å². The van der Waals surface area contributed by atoms with Crippen molar-refractivity contribution in [2.45, 2.75) is 17.4 Å². The second-order valence-electron chi connectivity index (χ2n) is 5.09. The molecule has 0 aliphatic rings. The largest absolute Gasteiger partial charge is 0.372 e. The van der Waals surface area contributed by atoms with Gasteiger partial charge in [0.05, 0.1) is 0 Å². The summed E-state index contributed by atoms with van der Waals surface area (Å²) in [7, 11) is -0.569. The van der Waals surface area contributed by atoms with Crippen LogP contribution in [0, 0.1) is 18.4 Å². The molecule has 2 unspecified atom stereocenters. The van der Waals surface area contributed by atoms with E-state index in [-0.39, 0.29) is 0 Å². The Kier molecular flexibility index (Phi) is 4.94. The molecule has 118 valence electrons. The average Bonchev–Trinajstić information content (AvgIpc) is 2.54. The molecule has 2 rings (SSSR count). The monoisotopic (exact) mass is 327 g/mol. The number of nitrogens with two attached hydrogens (primary N) is 1. The number of nitrogens with zero attached hydrogens (tertiary/aromatic N) is 2. The minimum atomic E-state index is -1.90. The normalized spacial score (nSPS) is 14.7. The minimum absolute atomic E-state index is 0.395. The maximum Gasteiger partial charge on any atom is 0.258 e. The molecule has 0 heterocycles. The summed E-state index contributed by atoms with van der Waals surface area (Å²) in [5, 5.41) is 19.6. The van der Waals surface area contributed by atoms with E-state index in [0.717, 1.165) is 10.5 Å². The Hall–Kier alpha value is -2.49. The molecule has 0 aliphatic heterocycles. The van der Waals surface area contributed by atoms with Crippen LogP contribution in [0.5, 0.6) is 0 Å². The third kappa shape index (κ3) is 3.16. The van der Waals surface area contributed by atoms with Crippen molar-refractivity contribution in [3.63, 3.8) is 0 Å². The van der Waals surface area contributed by atoms with Crippen molar-refractivity contribution < 1.29 is 9.90 Å². The molecular formula is C17H17N3O2S. The molecule has 0 saturated heterocycles. The third-order valence-electron chi connectivity index (χ3n) is 3.64. The number of carbonyl (C=O) groups excluding carboxylic acids is 1. The van der Waals surface area contributed by atoms with E-state index in [1.54, 1.807) is 54.7 Å². The van der Waals surface area contributed by atoms with Gasteiger partial charge in [0, 0.05) is 4.90 Å². The summed E-state index contributed by atoms with van der Waals surface area (Å²) in [5.41, 5.74) is 5.23. The van der Waals surface area contributed by atoms with Crippen molar-refractivity contribution in [3.05, 3.63) is 65.2 Å². The highest BCUT2D eigenvalue weighted by atomic mass is 32.2. The Bertz CT molecular complexity index is 812. The maximum absolute atomic E-state index is 12.0. The molecule has 2 aromatic rings. The number of rotatable bonds is 4. The van der Waals surface area contributed by atoms with Crippen molar-refractivity contribution in [1.82, 2.24) is 0 Å². The molecule has 0 aromatic heterocycles. The van der Waals surface area contributed by atoms with Gasteiger partial charge in [-0.05, 0) is 35.9 Å². The molecular weight excluding hydrogens is 310 g/mol. The molecule has 3 N–H and O–H groups in total. The Labute approximate surface area is 137 Å². The van der Waals surface area contributed by atoms with Crippen LogP contribution in [0.25, 0.3) is 0 Å². The lowest BCUT2D eigenvalue weighted by Crippen LogP contribution is -2.42. The highest BCUT2D eigenvalue weighted by Crippen LogP contribution is 2.31. The zero-order valence-corrected chi connectivity index (χ0v) is 13.7. The Morgan fingerprint density at radius 3 is 2.43 bits per heavy atom. The van der Waals surface area contributed by atoms with Crippen LogP contribution >= 0.6 is 0 Å². The number of hydrogen-bond acceptors (Lipinski definition) is 4. The second-order valence-corrected chi connectivity index (χ2v) is 6.67.